The van der Waals surface area contributed by atoms with Crippen LogP contribution in [-0.4, -0.2) is 16.2 Å². The van der Waals surface area contributed by atoms with Gasteiger partial charge in [0.15, 0.2) is 5.11 Å². The number of anilines is 1. The number of hydrogen-bond acceptors (Lipinski definition) is 2. The Kier molecular flexibility index (Phi) is 3.26. The highest BCUT2D eigenvalue weighted by molar-refractivity contribution is 7.80. The summed E-state index contributed by atoms with van der Waals surface area (Å²) in [5.74, 6) is -1.00. The van der Waals surface area contributed by atoms with Crippen molar-refractivity contribution in [1.82, 2.24) is 0 Å². The van der Waals surface area contributed by atoms with E-state index in [-0.39, 0.29) is 10.7 Å². The summed E-state index contributed by atoms with van der Waals surface area (Å²) in [4.78, 5) is 10.9. The van der Waals surface area contributed by atoms with Crippen molar-refractivity contribution in [3.63, 3.8) is 0 Å². The van der Waals surface area contributed by atoms with Gasteiger partial charge in [-0.3, -0.25) is 0 Å². The van der Waals surface area contributed by atoms with Gasteiger partial charge in [-0.05, 0) is 43.3 Å². The van der Waals surface area contributed by atoms with Gasteiger partial charge < -0.3 is 16.2 Å². The summed E-state index contributed by atoms with van der Waals surface area (Å²) in [5, 5.41) is 11.7. The lowest BCUT2D eigenvalue weighted by atomic mass is 10.0. The second-order valence-electron chi connectivity index (χ2n) is 3.22. The molecule has 1 rings (SSSR count). The molecule has 0 aliphatic carbocycles. The summed E-state index contributed by atoms with van der Waals surface area (Å²) >= 11 is 4.70. The van der Waals surface area contributed by atoms with E-state index in [4.69, 9.17) is 23.1 Å². The maximum absolute atomic E-state index is 10.9. The fraction of sp³-hybridized carbons (Fsp3) is 0.200. The van der Waals surface area contributed by atoms with Crippen LogP contribution in [0.3, 0.4) is 0 Å². The second-order valence-corrected chi connectivity index (χ2v) is 3.66. The Balaban J connectivity index is 3.34. The molecule has 5 heteroatoms. The predicted molar refractivity (Wildman–Crippen MR) is 63.3 cm³/mol. The number of hydrogen-bond donors (Lipinski definition) is 3. The number of aryl methyl sites for hydroxylation is 1. The van der Waals surface area contributed by atoms with Crippen molar-refractivity contribution in [1.29, 1.82) is 0 Å². The van der Waals surface area contributed by atoms with Crippen LogP contribution in [0.1, 0.15) is 21.5 Å². The fourth-order valence-corrected chi connectivity index (χ4v) is 1.38. The van der Waals surface area contributed by atoms with Gasteiger partial charge in [0, 0.05) is 0 Å². The predicted octanol–water partition coefficient (Wildman–Crippen LogP) is 1.66. The average molecular weight is 224 g/mol. The smallest absolute Gasteiger partial charge is 0.337 e. The fourth-order valence-electron chi connectivity index (χ4n) is 1.28. The van der Waals surface area contributed by atoms with Gasteiger partial charge in [-0.25, -0.2) is 4.79 Å². The van der Waals surface area contributed by atoms with E-state index in [1.165, 1.54) is 6.07 Å². The first-order valence-electron chi connectivity index (χ1n) is 4.33. The van der Waals surface area contributed by atoms with Gasteiger partial charge in [-0.15, -0.1) is 0 Å². The van der Waals surface area contributed by atoms with E-state index in [0.717, 1.165) is 11.1 Å². The first kappa shape index (κ1) is 11.5. The molecule has 1 aromatic rings. The van der Waals surface area contributed by atoms with E-state index >= 15 is 0 Å². The second kappa shape index (κ2) is 4.27. The first-order chi connectivity index (χ1) is 6.93. The molecule has 0 heterocycles. The van der Waals surface area contributed by atoms with Crippen LogP contribution < -0.4 is 11.1 Å². The molecule has 80 valence electrons. The number of nitrogens with two attached hydrogens (primary N) is 1. The topological polar surface area (TPSA) is 75.3 Å². The number of carboxylic acids is 1. The Morgan fingerprint density at radius 2 is 2.07 bits per heavy atom. The third-order valence-electron chi connectivity index (χ3n) is 2.21. The van der Waals surface area contributed by atoms with Crippen LogP contribution in [0.25, 0.3) is 0 Å². The van der Waals surface area contributed by atoms with Gasteiger partial charge in [0.05, 0.1) is 11.3 Å². The molecule has 0 radical (unpaired) electrons. The molecule has 4 N–H and O–H groups in total. The van der Waals surface area contributed by atoms with Crippen molar-refractivity contribution in [3.05, 3.63) is 28.8 Å². The standard InChI is InChI=1S/C10H12N2O2S/c1-5-3-4-7(9(13)14)8(6(5)2)12-10(11)15/h3-4H,1-2H3,(H,13,14)(H3,11,12,15). The van der Waals surface area contributed by atoms with Crippen LogP contribution in [0.4, 0.5) is 5.69 Å². The van der Waals surface area contributed by atoms with Crippen LogP contribution in [-0.2, 0) is 0 Å². The molecule has 0 amide bonds. The number of benzene rings is 1. The minimum atomic E-state index is -1.00. The van der Waals surface area contributed by atoms with E-state index in [2.05, 4.69) is 5.32 Å². The summed E-state index contributed by atoms with van der Waals surface area (Å²) in [7, 11) is 0. The van der Waals surface area contributed by atoms with Gasteiger partial charge in [-0.1, -0.05) is 6.07 Å². The summed E-state index contributed by atoms with van der Waals surface area (Å²) in [6, 6.07) is 3.29. The van der Waals surface area contributed by atoms with Crippen LogP contribution in [0.2, 0.25) is 0 Å². The number of thiocarbonyl (C=S) groups is 1. The van der Waals surface area contributed by atoms with Crippen molar-refractivity contribution < 1.29 is 9.90 Å². The molecule has 0 atom stereocenters. The van der Waals surface area contributed by atoms with E-state index in [0.29, 0.717) is 5.69 Å². The molecular weight excluding hydrogens is 212 g/mol. The maximum atomic E-state index is 10.9. The van der Waals surface area contributed by atoms with Gasteiger partial charge in [0.25, 0.3) is 0 Å². The van der Waals surface area contributed by atoms with Gasteiger partial charge >= 0.3 is 5.97 Å². The number of carbonyl (C=O) groups is 1. The van der Waals surface area contributed by atoms with Crippen molar-refractivity contribution in [2.45, 2.75) is 13.8 Å². The monoisotopic (exact) mass is 224 g/mol. The molecule has 0 aliphatic rings. The SMILES string of the molecule is Cc1ccc(C(=O)O)c(NC(N)=S)c1C. The van der Waals surface area contributed by atoms with E-state index in [1.54, 1.807) is 6.07 Å². The maximum Gasteiger partial charge on any atom is 0.337 e. The molecule has 0 fully saturated rings. The quantitative estimate of drug-likeness (QED) is 0.666. The minimum Gasteiger partial charge on any atom is -0.478 e. The van der Waals surface area contributed by atoms with Crippen LogP contribution in [0.5, 0.6) is 0 Å². The van der Waals surface area contributed by atoms with Crippen LogP contribution in [0.15, 0.2) is 12.1 Å². The Morgan fingerprint density at radius 3 is 2.53 bits per heavy atom. The molecule has 15 heavy (non-hydrogen) atoms. The molecule has 0 aromatic heterocycles. The van der Waals surface area contributed by atoms with Crippen LogP contribution >= 0.6 is 12.2 Å². The molecule has 0 saturated heterocycles. The lowest BCUT2D eigenvalue weighted by molar-refractivity contribution is 0.0698. The molecular formula is C10H12N2O2S. The number of nitrogens with one attached hydrogen (secondary N) is 1. The zero-order chi connectivity index (χ0) is 11.6. The lowest BCUT2D eigenvalue weighted by Gasteiger charge is -2.13. The van der Waals surface area contributed by atoms with Crippen LogP contribution in [0, 0.1) is 13.8 Å². The van der Waals surface area contributed by atoms with Crippen molar-refractivity contribution in [2.24, 2.45) is 5.73 Å². The number of rotatable bonds is 2. The Hall–Kier alpha value is -1.62. The third kappa shape index (κ3) is 2.44. The molecule has 4 nitrogen and oxygen atoms in total. The summed E-state index contributed by atoms with van der Waals surface area (Å²) in [5.41, 5.74) is 7.80. The lowest BCUT2D eigenvalue weighted by Crippen LogP contribution is -2.21. The van der Waals surface area contributed by atoms with E-state index in [9.17, 15) is 4.79 Å². The number of aromatic carboxylic acids is 1. The molecule has 0 aliphatic heterocycles. The molecule has 0 spiro atoms. The normalized spacial score (nSPS) is 9.73. The Labute approximate surface area is 93.1 Å². The molecule has 0 saturated carbocycles. The van der Waals surface area contributed by atoms with E-state index in [1.807, 2.05) is 13.8 Å². The van der Waals surface area contributed by atoms with Crippen molar-refractivity contribution in [3.8, 4) is 0 Å². The van der Waals surface area contributed by atoms with Gasteiger partial charge in [0.2, 0.25) is 0 Å². The molecule has 0 unspecified atom stereocenters. The first-order valence-corrected chi connectivity index (χ1v) is 4.74. The Bertz CT molecular complexity index is 430. The van der Waals surface area contributed by atoms with Crippen molar-refractivity contribution >= 4 is 29.0 Å². The zero-order valence-electron chi connectivity index (χ0n) is 8.50. The minimum absolute atomic E-state index is 0.0613. The summed E-state index contributed by atoms with van der Waals surface area (Å²) in [6.07, 6.45) is 0. The largest absolute Gasteiger partial charge is 0.478 e. The zero-order valence-corrected chi connectivity index (χ0v) is 9.31. The summed E-state index contributed by atoms with van der Waals surface area (Å²) < 4.78 is 0. The highest BCUT2D eigenvalue weighted by Crippen LogP contribution is 2.23. The summed E-state index contributed by atoms with van der Waals surface area (Å²) in [6.45, 7) is 3.72. The molecule has 1 aromatic carbocycles. The Morgan fingerprint density at radius 1 is 1.47 bits per heavy atom. The highest BCUT2D eigenvalue weighted by atomic mass is 32.1. The molecule has 0 bridgehead atoms. The van der Waals surface area contributed by atoms with Gasteiger partial charge in [0.1, 0.15) is 0 Å². The van der Waals surface area contributed by atoms with E-state index < -0.39 is 5.97 Å². The van der Waals surface area contributed by atoms with Crippen molar-refractivity contribution in [2.75, 3.05) is 5.32 Å². The average Bonchev–Trinajstić information content (AvgIpc) is 2.12. The number of carboxylic acid groups (broad SMARTS) is 1. The third-order valence-corrected chi connectivity index (χ3v) is 2.32. The van der Waals surface area contributed by atoms with Gasteiger partial charge in [-0.2, -0.15) is 0 Å². The highest BCUT2D eigenvalue weighted by Gasteiger charge is 2.13.